The molecule has 0 spiro atoms. The molecule has 1 fully saturated rings. The summed E-state index contributed by atoms with van der Waals surface area (Å²) in [4.78, 5) is 22.0. The minimum atomic E-state index is -0.639. The number of benzene rings is 1. The number of aromatic nitrogens is 2. The van der Waals surface area contributed by atoms with E-state index in [2.05, 4.69) is 20.2 Å². The van der Waals surface area contributed by atoms with Crippen LogP contribution in [0, 0.1) is 6.92 Å². The molecule has 0 aliphatic carbocycles. The minimum absolute atomic E-state index is 0.131. The minimum Gasteiger partial charge on any atom is -0.493 e. The molecule has 9 heteroatoms. The summed E-state index contributed by atoms with van der Waals surface area (Å²) in [6.45, 7) is 7.28. The summed E-state index contributed by atoms with van der Waals surface area (Å²) in [5.41, 5.74) is 7.22. The first-order valence-corrected chi connectivity index (χ1v) is 9.58. The largest absolute Gasteiger partial charge is 0.493 e. The van der Waals surface area contributed by atoms with E-state index in [-0.39, 0.29) is 11.4 Å². The second-order valence-electron chi connectivity index (χ2n) is 6.74. The third kappa shape index (κ3) is 5.78. The van der Waals surface area contributed by atoms with Gasteiger partial charge in [-0.25, -0.2) is 4.98 Å². The number of primary amides is 1. The SMILES string of the molecule is COc1nc(Nc2ccc(OCCCN3CCOCC3)c(C)c2)ncc1C(N)=O. The number of nitrogens with two attached hydrogens (primary N) is 1. The summed E-state index contributed by atoms with van der Waals surface area (Å²) >= 11 is 0. The monoisotopic (exact) mass is 401 g/mol. The molecule has 29 heavy (non-hydrogen) atoms. The van der Waals surface area contributed by atoms with E-state index in [9.17, 15) is 4.79 Å². The van der Waals surface area contributed by atoms with E-state index in [0.717, 1.165) is 56.3 Å². The zero-order valence-electron chi connectivity index (χ0n) is 16.8. The number of hydrogen-bond acceptors (Lipinski definition) is 8. The molecule has 1 saturated heterocycles. The Morgan fingerprint density at radius 3 is 2.83 bits per heavy atom. The van der Waals surface area contributed by atoms with Gasteiger partial charge in [0.15, 0.2) is 0 Å². The van der Waals surface area contributed by atoms with Gasteiger partial charge in [0.05, 0.1) is 26.9 Å². The zero-order chi connectivity index (χ0) is 20.6. The fraction of sp³-hybridized carbons (Fsp3) is 0.450. The number of anilines is 2. The Balaban J connectivity index is 1.54. The number of carbonyl (C=O) groups is 1. The number of nitrogens with zero attached hydrogens (tertiary/aromatic N) is 3. The van der Waals surface area contributed by atoms with Gasteiger partial charge < -0.3 is 25.3 Å². The molecule has 3 rings (SSSR count). The smallest absolute Gasteiger partial charge is 0.255 e. The fourth-order valence-electron chi connectivity index (χ4n) is 3.06. The van der Waals surface area contributed by atoms with Crippen LogP contribution in [-0.2, 0) is 4.74 Å². The summed E-state index contributed by atoms with van der Waals surface area (Å²) in [5.74, 6) is 0.650. The van der Waals surface area contributed by atoms with Crippen LogP contribution >= 0.6 is 0 Å². The second kappa shape index (κ2) is 10.0. The molecule has 156 valence electrons. The summed E-state index contributed by atoms with van der Waals surface area (Å²) in [6, 6.07) is 5.76. The van der Waals surface area contributed by atoms with Crippen LogP contribution in [0.2, 0.25) is 0 Å². The van der Waals surface area contributed by atoms with Gasteiger partial charge in [0.25, 0.3) is 5.91 Å². The highest BCUT2D eigenvalue weighted by Gasteiger charge is 2.13. The average Bonchev–Trinajstić information content (AvgIpc) is 2.73. The first-order chi connectivity index (χ1) is 14.1. The van der Waals surface area contributed by atoms with Gasteiger partial charge in [-0.05, 0) is 37.1 Å². The topological polar surface area (TPSA) is 112 Å². The lowest BCUT2D eigenvalue weighted by atomic mass is 10.2. The average molecular weight is 401 g/mol. The van der Waals surface area contributed by atoms with Gasteiger partial charge in [-0.2, -0.15) is 4.98 Å². The van der Waals surface area contributed by atoms with E-state index in [1.165, 1.54) is 13.3 Å². The fourth-order valence-corrected chi connectivity index (χ4v) is 3.06. The van der Waals surface area contributed by atoms with Crippen molar-refractivity contribution in [1.29, 1.82) is 0 Å². The Labute approximate surface area is 170 Å². The van der Waals surface area contributed by atoms with Crippen LogP contribution in [0.5, 0.6) is 11.6 Å². The van der Waals surface area contributed by atoms with Crippen LogP contribution in [0.3, 0.4) is 0 Å². The van der Waals surface area contributed by atoms with Crippen LogP contribution in [0.1, 0.15) is 22.3 Å². The highest BCUT2D eigenvalue weighted by atomic mass is 16.5. The molecule has 2 aromatic rings. The standard InChI is InChI=1S/C20H27N5O4/c1-14-12-15(23-20-22-13-16(18(21)26)19(24-20)27-2)4-5-17(14)29-9-3-6-25-7-10-28-11-8-25/h4-5,12-13H,3,6-11H2,1-2H3,(H2,21,26)(H,22,23,24). The van der Waals surface area contributed by atoms with Crippen molar-refractivity contribution in [1.82, 2.24) is 14.9 Å². The molecule has 0 atom stereocenters. The van der Waals surface area contributed by atoms with Crippen molar-refractivity contribution < 1.29 is 19.0 Å². The number of nitrogens with one attached hydrogen (secondary N) is 1. The summed E-state index contributed by atoms with van der Waals surface area (Å²) in [5, 5.41) is 3.09. The van der Waals surface area contributed by atoms with Crippen LogP contribution in [-0.4, -0.2) is 67.3 Å². The number of rotatable bonds is 9. The quantitative estimate of drug-likeness (QED) is 0.611. The summed E-state index contributed by atoms with van der Waals surface area (Å²) in [7, 11) is 1.42. The molecule has 1 aromatic carbocycles. The van der Waals surface area contributed by atoms with Crippen LogP contribution in [0.15, 0.2) is 24.4 Å². The van der Waals surface area contributed by atoms with Gasteiger partial charge in [-0.1, -0.05) is 0 Å². The van der Waals surface area contributed by atoms with E-state index >= 15 is 0 Å². The Kier molecular flexibility index (Phi) is 7.20. The van der Waals surface area contributed by atoms with Gasteiger partial charge in [0, 0.05) is 31.5 Å². The number of morpholine rings is 1. The Morgan fingerprint density at radius 1 is 1.34 bits per heavy atom. The lowest BCUT2D eigenvalue weighted by Crippen LogP contribution is -2.37. The molecular weight excluding hydrogens is 374 g/mol. The molecule has 0 bridgehead atoms. The maximum absolute atomic E-state index is 11.4. The van der Waals surface area contributed by atoms with Gasteiger partial charge in [0.1, 0.15) is 11.3 Å². The third-order valence-corrected chi connectivity index (χ3v) is 4.62. The molecule has 1 aromatic heterocycles. The lowest BCUT2D eigenvalue weighted by Gasteiger charge is -2.26. The van der Waals surface area contributed by atoms with Crippen molar-refractivity contribution in [3.63, 3.8) is 0 Å². The van der Waals surface area contributed by atoms with Gasteiger partial charge in [-0.15, -0.1) is 0 Å². The Bertz CT molecular complexity index is 840. The predicted molar refractivity (Wildman–Crippen MR) is 109 cm³/mol. The third-order valence-electron chi connectivity index (χ3n) is 4.62. The number of amides is 1. The molecule has 1 aliphatic heterocycles. The van der Waals surface area contributed by atoms with Gasteiger partial charge in [0.2, 0.25) is 11.8 Å². The molecular formula is C20H27N5O4. The van der Waals surface area contributed by atoms with E-state index in [1.807, 2.05) is 25.1 Å². The molecule has 0 radical (unpaired) electrons. The summed E-state index contributed by atoms with van der Waals surface area (Å²) < 4.78 is 16.4. The number of methoxy groups -OCH3 is 1. The van der Waals surface area contributed by atoms with E-state index in [0.29, 0.717) is 12.6 Å². The Morgan fingerprint density at radius 2 is 2.14 bits per heavy atom. The predicted octanol–water partition coefficient (Wildman–Crippen LogP) is 1.74. The van der Waals surface area contributed by atoms with Gasteiger partial charge >= 0.3 is 0 Å². The highest BCUT2D eigenvalue weighted by molar-refractivity contribution is 5.94. The maximum atomic E-state index is 11.4. The van der Waals surface area contributed by atoms with E-state index in [4.69, 9.17) is 19.9 Å². The molecule has 9 nitrogen and oxygen atoms in total. The van der Waals surface area contributed by atoms with Crippen molar-refractivity contribution in [2.24, 2.45) is 5.73 Å². The zero-order valence-corrected chi connectivity index (χ0v) is 16.8. The van der Waals surface area contributed by atoms with Crippen LogP contribution in [0.4, 0.5) is 11.6 Å². The molecule has 2 heterocycles. The maximum Gasteiger partial charge on any atom is 0.255 e. The number of ether oxygens (including phenoxy) is 3. The molecule has 0 unspecified atom stereocenters. The number of hydrogen-bond donors (Lipinski definition) is 2. The highest BCUT2D eigenvalue weighted by Crippen LogP contribution is 2.24. The van der Waals surface area contributed by atoms with Crippen molar-refractivity contribution in [2.75, 3.05) is 51.9 Å². The lowest BCUT2D eigenvalue weighted by molar-refractivity contribution is 0.0358. The number of carbonyl (C=O) groups excluding carboxylic acids is 1. The first-order valence-electron chi connectivity index (χ1n) is 9.58. The number of aryl methyl sites for hydroxylation is 1. The molecule has 1 aliphatic rings. The molecule has 0 saturated carbocycles. The molecule has 3 N–H and O–H groups in total. The van der Waals surface area contributed by atoms with Crippen LogP contribution in [0.25, 0.3) is 0 Å². The van der Waals surface area contributed by atoms with E-state index in [1.54, 1.807) is 0 Å². The Hall–Kier alpha value is -2.91. The van der Waals surface area contributed by atoms with E-state index < -0.39 is 5.91 Å². The van der Waals surface area contributed by atoms with Crippen molar-refractivity contribution >= 4 is 17.5 Å². The molecule has 1 amide bonds. The van der Waals surface area contributed by atoms with Crippen molar-refractivity contribution in [3.8, 4) is 11.6 Å². The second-order valence-corrected chi connectivity index (χ2v) is 6.74. The first kappa shape index (κ1) is 20.8. The van der Waals surface area contributed by atoms with Gasteiger partial charge in [-0.3, -0.25) is 9.69 Å². The van der Waals surface area contributed by atoms with Crippen LogP contribution < -0.4 is 20.5 Å². The summed E-state index contributed by atoms with van der Waals surface area (Å²) in [6.07, 6.45) is 2.31. The normalized spacial score (nSPS) is 14.4. The van der Waals surface area contributed by atoms with Crippen molar-refractivity contribution in [2.45, 2.75) is 13.3 Å². The van der Waals surface area contributed by atoms with Crippen molar-refractivity contribution in [3.05, 3.63) is 35.5 Å².